The third-order valence-corrected chi connectivity index (χ3v) is 4.61. The van der Waals surface area contributed by atoms with E-state index in [9.17, 15) is 14.7 Å². The molecule has 2 amide bonds. The highest BCUT2D eigenvalue weighted by Gasteiger charge is 2.24. The molecule has 0 aliphatic rings. The lowest BCUT2D eigenvalue weighted by molar-refractivity contribution is -0.127. The van der Waals surface area contributed by atoms with Gasteiger partial charge in [-0.15, -0.1) is 0 Å². The second kappa shape index (κ2) is 8.57. The quantitative estimate of drug-likeness (QED) is 0.572. The molecule has 3 rings (SSSR count). The van der Waals surface area contributed by atoms with Crippen molar-refractivity contribution in [2.75, 3.05) is 5.32 Å². The van der Waals surface area contributed by atoms with Gasteiger partial charge in [0.05, 0.1) is 12.1 Å². The molecule has 0 aliphatic heterocycles. The minimum Gasteiger partial charge on any atom is -0.506 e. The molecule has 0 saturated carbocycles. The first kappa shape index (κ1) is 19.4. The smallest absolute Gasteiger partial charge is 0.247 e. The Morgan fingerprint density at radius 1 is 0.929 bits per heavy atom. The summed E-state index contributed by atoms with van der Waals surface area (Å²) in [7, 11) is 0. The van der Waals surface area contributed by atoms with Crippen molar-refractivity contribution in [2.24, 2.45) is 5.92 Å². The average molecular weight is 376 g/mol. The van der Waals surface area contributed by atoms with Crippen LogP contribution in [0.3, 0.4) is 0 Å². The molecule has 3 aromatic carbocycles. The molecule has 0 aliphatic carbocycles. The minimum absolute atomic E-state index is 0.0131. The van der Waals surface area contributed by atoms with Crippen LogP contribution in [0.15, 0.2) is 66.7 Å². The molecule has 0 spiro atoms. The molecule has 0 aromatic heterocycles. The molecule has 0 saturated heterocycles. The van der Waals surface area contributed by atoms with E-state index in [2.05, 4.69) is 10.6 Å². The summed E-state index contributed by atoms with van der Waals surface area (Å²) in [5.74, 6) is -0.697. The Morgan fingerprint density at radius 3 is 2.32 bits per heavy atom. The standard InChI is InChI=1S/C23H24N2O3/c1-15(2)22(23(28)24-19-9-5-6-10-20(19)26)25-21(27)14-16-11-12-17-7-3-4-8-18(17)13-16/h3-13,15,22,26H,14H2,1-2H3,(H,24,28)(H,25,27). The highest BCUT2D eigenvalue weighted by molar-refractivity contribution is 5.98. The Hall–Kier alpha value is -3.34. The van der Waals surface area contributed by atoms with Gasteiger partial charge in [0.1, 0.15) is 11.8 Å². The molecule has 28 heavy (non-hydrogen) atoms. The summed E-state index contributed by atoms with van der Waals surface area (Å²) in [5.41, 5.74) is 1.21. The number of para-hydroxylation sites is 2. The SMILES string of the molecule is CC(C)C(NC(=O)Cc1ccc2ccccc2c1)C(=O)Nc1ccccc1O. The Balaban J connectivity index is 1.68. The number of carbonyl (C=O) groups excluding carboxylic acids is 2. The molecular formula is C23H24N2O3. The molecule has 3 aromatic rings. The molecule has 0 fully saturated rings. The van der Waals surface area contributed by atoms with Crippen LogP contribution in [0, 0.1) is 5.92 Å². The minimum atomic E-state index is -0.701. The fourth-order valence-corrected chi connectivity index (χ4v) is 3.08. The first-order valence-corrected chi connectivity index (χ1v) is 9.30. The Kier molecular flexibility index (Phi) is 5.94. The second-order valence-corrected chi connectivity index (χ2v) is 7.15. The number of rotatable bonds is 6. The maximum absolute atomic E-state index is 12.6. The zero-order valence-electron chi connectivity index (χ0n) is 16.0. The molecular weight excluding hydrogens is 352 g/mol. The van der Waals surface area contributed by atoms with E-state index in [1.165, 1.54) is 6.07 Å². The van der Waals surface area contributed by atoms with Crippen molar-refractivity contribution >= 4 is 28.3 Å². The third kappa shape index (κ3) is 4.68. The predicted molar refractivity (Wildman–Crippen MR) is 111 cm³/mol. The van der Waals surface area contributed by atoms with Crippen molar-refractivity contribution in [1.29, 1.82) is 0 Å². The molecule has 144 valence electrons. The Labute approximate surface area is 164 Å². The van der Waals surface area contributed by atoms with Gasteiger partial charge in [0.15, 0.2) is 0 Å². The number of benzene rings is 3. The maximum Gasteiger partial charge on any atom is 0.247 e. The van der Waals surface area contributed by atoms with Gasteiger partial charge in [0, 0.05) is 0 Å². The molecule has 3 N–H and O–H groups in total. The predicted octanol–water partition coefficient (Wildman–Crippen LogP) is 3.87. The number of fused-ring (bicyclic) bond motifs is 1. The lowest BCUT2D eigenvalue weighted by Gasteiger charge is -2.22. The van der Waals surface area contributed by atoms with E-state index in [0.29, 0.717) is 5.69 Å². The van der Waals surface area contributed by atoms with Gasteiger partial charge in [0.25, 0.3) is 0 Å². The van der Waals surface area contributed by atoms with Gasteiger partial charge in [-0.2, -0.15) is 0 Å². The summed E-state index contributed by atoms with van der Waals surface area (Å²) in [6, 6.07) is 19.7. The lowest BCUT2D eigenvalue weighted by atomic mass is 10.0. The second-order valence-electron chi connectivity index (χ2n) is 7.15. The van der Waals surface area contributed by atoms with Gasteiger partial charge in [-0.05, 0) is 34.4 Å². The summed E-state index contributed by atoms with van der Waals surface area (Å²) in [6.45, 7) is 3.73. The van der Waals surface area contributed by atoms with Crippen LogP contribution in [0.4, 0.5) is 5.69 Å². The van der Waals surface area contributed by atoms with Gasteiger partial charge in [-0.1, -0.05) is 68.4 Å². The molecule has 0 heterocycles. The fraction of sp³-hybridized carbons (Fsp3) is 0.217. The fourth-order valence-electron chi connectivity index (χ4n) is 3.08. The molecule has 0 bridgehead atoms. The zero-order chi connectivity index (χ0) is 20.1. The normalized spacial score (nSPS) is 12.0. The van der Waals surface area contributed by atoms with E-state index in [0.717, 1.165) is 16.3 Å². The van der Waals surface area contributed by atoms with Crippen LogP contribution in [-0.4, -0.2) is 23.0 Å². The molecule has 1 atom stereocenters. The van der Waals surface area contributed by atoms with E-state index in [1.54, 1.807) is 18.2 Å². The number of carbonyl (C=O) groups is 2. The number of amides is 2. The van der Waals surface area contributed by atoms with Crippen molar-refractivity contribution in [3.63, 3.8) is 0 Å². The van der Waals surface area contributed by atoms with Crippen LogP contribution in [0.1, 0.15) is 19.4 Å². The Bertz CT molecular complexity index is 998. The lowest BCUT2D eigenvalue weighted by Crippen LogP contribution is -2.47. The first-order chi connectivity index (χ1) is 13.4. The maximum atomic E-state index is 12.6. The monoisotopic (exact) mass is 376 g/mol. The molecule has 5 nitrogen and oxygen atoms in total. The van der Waals surface area contributed by atoms with Crippen LogP contribution in [0.25, 0.3) is 10.8 Å². The topological polar surface area (TPSA) is 78.4 Å². The van der Waals surface area contributed by atoms with E-state index >= 15 is 0 Å². The van der Waals surface area contributed by atoms with Crippen molar-refractivity contribution in [3.05, 3.63) is 72.3 Å². The summed E-state index contributed by atoms with van der Waals surface area (Å²) < 4.78 is 0. The van der Waals surface area contributed by atoms with Gasteiger partial charge in [-0.25, -0.2) is 0 Å². The van der Waals surface area contributed by atoms with Gasteiger partial charge >= 0.3 is 0 Å². The summed E-state index contributed by atoms with van der Waals surface area (Å²) in [5, 5.41) is 17.5. The Morgan fingerprint density at radius 2 is 1.61 bits per heavy atom. The van der Waals surface area contributed by atoms with Crippen molar-refractivity contribution in [1.82, 2.24) is 5.32 Å². The van der Waals surface area contributed by atoms with Gasteiger partial charge in [0.2, 0.25) is 11.8 Å². The van der Waals surface area contributed by atoms with Crippen molar-refractivity contribution in [2.45, 2.75) is 26.3 Å². The van der Waals surface area contributed by atoms with Gasteiger partial charge in [-0.3, -0.25) is 9.59 Å². The van der Waals surface area contributed by atoms with Crippen LogP contribution >= 0.6 is 0 Å². The van der Waals surface area contributed by atoms with E-state index in [1.807, 2.05) is 56.3 Å². The largest absolute Gasteiger partial charge is 0.506 e. The summed E-state index contributed by atoms with van der Waals surface area (Å²) >= 11 is 0. The molecule has 0 radical (unpaired) electrons. The van der Waals surface area contributed by atoms with Gasteiger partial charge < -0.3 is 15.7 Å². The number of hydrogen-bond donors (Lipinski definition) is 3. The number of hydrogen-bond acceptors (Lipinski definition) is 3. The highest BCUT2D eigenvalue weighted by atomic mass is 16.3. The third-order valence-electron chi connectivity index (χ3n) is 4.61. The number of phenolic OH excluding ortho intramolecular Hbond substituents is 1. The molecule has 5 heteroatoms. The summed E-state index contributed by atoms with van der Waals surface area (Å²) in [6.07, 6.45) is 0.192. The number of phenols is 1. The number of anilines is 1. The highest BCUT2D eigenvalue weighted by Crippen LogP contribution is 2.22. The zero-order valence-corrected chi connectivity index (χ0v) is 16.0. The molecule has 1 unspecified atom stereocenters. The number of aromatic hydroxyl groups is 1. The van der Waals surface area contributed by atoms with Crippen LogP contribution in [0.2, 0.25) is 0 Å². The average Bonchev–Trinajstić information content (AvgIpc) is 2.67. The summed E-state index contributed by atoms with van der Waals surface area (Å²) in [4.78, 5) is 25.2. The van der Waals surface area contributed by atoms with E-state index in [4.69, 9.17) is 0 Å². The van der Waals surface area contributed by atoms with Crippen LogP contribution in [-0.2, 0) is 16.0 Å². The van der Waals surface area contributed by atoms with Crippen molar-refractivity contribution < 1.29 is 14.7 Å². The number of nitrogens with one attached hydrogen (secondary N) is 2. The van der Waals surface area contributed by atoms with E-state index < -0.39 is 6.04 Å². The van der Waals surface area contributed by atoms with Crippen LogP contribution in [0.5, 0.6) is 5.75 Å². The first-order valence-electron chi connectivity index (χ1n) is 9.30. The van der Waals surface area contributed by atoms with Crippen molar-refractivity contribution in [3.8, 4) is 5.75 Å². The van der Waals surface area contributed by atoms with Crippen LogP contribution < -0.4 is 10.6 Å². The van der Waals surface area contributed by atoms with E-state index in [-0.39, 0.29) is 29.9 Å².